The molecule has 1 amide bonds. The van der Waals surface area contributed by atoms with Gasteiger partial charge in [0.2, 0.25) is 0 Å². The number of benzene rings is 2. The number of carbonyl (C=O) groups excluding carboxylic acids is 2. The van der Waals surface area contributed by atoms with E-state index in [4.69, 9.17) is 9.47 Å². The number of hydrogen-bond donors (Lipinski definition) is 1. The normalized spacial score (nSPS) is 11.4. The molecule has 1 aromatic heterocycles. The molecule has 33 heavy (non-hydrogen) atoms. The lowest BCUT2D eigenvalue weighted by molar-refractivity contribution is -0.107. The maximum absolute atomic E-state index is 12.8. The highest BCUT2D eigenvalue weighted by atomic mass is 16.6. The first kappa shape index (κ1) is 24.4. The van der Waals surface area contributed by atoms with Crippen molar-refractivity contribution in [2.45, 2.75) is 52.1 Å². The van der Waals surface area contributed by atoms with Gasteiger partial charge in [0.25, 0.3) is 0 Å². The average Bonchev–Trinajstić information content (AvgIpc) is 3.21. The Balaban J connectivity index is 1.80. The summed E-state index contributed by atoms with van der Waals surface area (Å²) < 4.78 is 11.2. The van der Waals surface area contributed by atoms with Gasteiger partial charge in [-0.3, -0.25) is 0 Å². The molecular formula is C27H34N2O4. The van der Waals surface area contributed by atoms with E-state index < -0.39 is 5.60 Å². The molecule has 3 rings (SSSR count). The van der Waals surface area contributed by atoms with Gasteiger partial charge in [0, 0.05) is 42.2 Å². The van der Waals surface area contributed by atoms with Gasteiger partial charge in [-0.2, -0.15) is 0 Å². The summed E-state index contributed by atoms with van der Waals surface area (Å²) in [4.78, 5) is 28.5. The minimum Gasteiger partial charge on any atom is -0.496 e. The van der Waals surface area contributed by atoms with Crippen LogP contribution in [-0.4, -0.2) is 48.1 Å². The predicted octanol–water partition coefficient (Wildman–Crippen LogP) is 5.99. The number of fused-ring (bicyclic) bond motifs is 1. The monoisotopic (exact) mass is 450 g/mol. The number of carbonyl (C=O) groups is 2. The highest BCUT2D eigenvalue weighted by Crippen LogP contribution is 2.32. The number of hydrogen-bond acceptors (Lipinski definition) is 4. The molecule has 6 nitrogen and oxygen atoms in total. The zero-order chi connectivity index (χ0) is 23.8. The summed E-state index contributed by atoms with van der Waals surface area (Å²) in [5.41, 5.74) is 3.79. The van der Waals surface area contributed by atoms with Crippen molar-refractivity contribution in [1.82, 2.24) is 9.88 Å². The number of rotatable bonds is 10. The molecule has 0 radical (unpaired) electrons. The first-order valence-corrected chi connectivity index (χ1v) is 11.5. The number of aldehydes is 1. The Hall–Kier alpha value is -3.28. The Morgan fingerprint density at radius 1 is 1.09 bits per heavy atom. The van der Waals surface area contributed by atoms with Gasteiger partial charge in [-0.15, -0.1) is 0 Å². The summed E-state index contributed by atoms with van der Waals surface area (Å²) in [6.45, 7) is 6.65. The van der Waals surface area contributed by atoms with Crippen LogP contribution >= 0.6 is 0 Å². The summed E-state index contributed by atoms with van der Waals surface area (Å²) in [6, 6.07) is 14.4. The molecule has 0 unspecified atom stereocenters. The van der Waals surface area contributed by atoms with E-state index in [0.717, 1.165) is 47.1 Å². The number of aromatic nitrogens is 1. The molecule has 0 aliphatic heterocycles. The van der Waals surface area contributed by atoms with Crippen molar-refractivity contribution >= 4 is 23.3 Å². The van der Waals surface area contributed by atoms with E-state index in [1.54, 1.807) is 12.0 Å². The van der Waals surface area contributed by atoms with E-state index in [2.05, 4.69) is 29.2 Å². The third-order valence-corrected chi connectivity index (χ3v) is 5.48. The lowest BCUT2D eigenvalue weighted by atomic mass is 10.00. The first-order chi connectivity index (χ1) is 15.8. The summed E-state index contributed by atoms with van der Waals surface area (Å²) >= 11 is 0. The van der Waals surface area contributed by atoms with Crippen molar-refractivity contribution in [3.8, 4) is 16.9 Å². The largest absolute Gasteiger partial charge is 0.496 e. The molecular weight excluding hydrogens is 416 g/mol. The molecule has 0 fully saturated rings. The smallest absolute Gasteiger partial charge is 0.410 e. The number of methoxy groups -OCH3 is 1. The molecule has 0 atom stereocenters. The number of nitrogens with zero attached hydrogens (tertiary/aromatic N) is 1. The van der Waals surface area contributed by atoms with Crippen molar-refractivity contribution in [2.75, 3.05) is 20.2 Å². The van der Waals surface area contributed by atoms with E-state index in [9.17, 15) is 9.59 Å². The minimum absolute atomic E-state index is 0.333. The molecule has 2 aromatic carbocycles. The molecule has 1 N–H and O–H groups in total. The highest BCUT2D eigenvalue weighted by molar-refractivity contribution is 5.95. The number of nitrogens with one attached hydrogen (secondary N) is 1. The van der Waals surface area contributed by atoms with Crippen LogP contribution in [0.15, 0.2) is 48.7 Å². The van der Waals surface area contributed by atoms with Crippen LogP contribution in [0.5, 0.6) is 5.75 Å². The van der Waals surface area contributed by atoms with E-state index in [1.165, 1.54) is 5.39 Å². The van der Waals surface area contributed by atoms with Gasteiger partial charge in [-0.25, -0.2) is 4.79 Å². The molecule has 0 bridgehead atoms. The molecule has 3 aromatic rings. The Bertz CT molecular complexity index is 1080. The minimum atomic E-state index is -0.564. The van der Waals surface area contributed by atoms with Crippen LogP contribution < -0.4 is 4.74 Å². The summed E-state index contributed by atoms with van der Waals surface area (Å²) in [5, 5.41) is 1.17. The van der Waals surface area contributed by atoms with Gasteiger partial charge in [-0.05, 0) is 69.4 Å². The van der Waals surface area contributed by atoms with Gasteiger partial charge in [-0.1, -0.05) is 24.3 Å². The van der Waals surface area contributed by atoms with Gasteiger partial charge in [0.15, 0.2) is 0 Å². The van der Waals surface area contributed by atoms with Crippen molar-refractivity contribution in [1.29, 1.82) is 0 Å². The van der Waals surface area contributed by atoms with Crippen LogP contribution in [0.1, 0.15) is 45.6 Å². The van der Waals surface area contributed by atoms with E-state index in [-0.39, 0.29) is 6.09 Å². The number of ether oxygens (including phenoxy) is 2. The molecule has 0 aliphatic carbocycles. The number of para-hydroxylation sites is 1. The maximum Gasteiger partial charge on any atom is 0.410 e. The number of amides is 1. The van der Waals surface area contributed by atoms with E-state index >= 15 is 0 Å². The second-order valence-electron chi connectivity index (χ2n) is 9.15. The molecule has 0 saturated heterocycles. The molecule has 0 aliphatic rings. The summed E-state index contributed by atoms with van der Waals surface area (Å²) in [5.74, 6) is 0.795. The van der Waals surface area contributed by atoms with Crippen molar-refractivity contribution in [3.05, 3.63) is 54.2 Å². The topological polar surface area (TPSA) is 71.6 Å². The van der Waals surface area contributed by atoms with Crippen LogP contribution in [-0.2, 0) is 16.0 Å². The van der Waals surface area contributed by atoms with Gasteiger partial charge in [0.05, 0.1) is 7.11 Å². The number of aromatic amines is 1. The van der Waals surface area contributed by atoms with Crippen molar-refractivity contribution in [3.63, 3.8) is 0 Å². The molecule has 1 heterocycles. The molecule has 0 spiro atoms. The lowest BCUT2D eigenvalue weighted by Gasteiger charge is -2.27. The van der Waals surface area contributed by atoms with Crippen LogP contribution in [0.3, 0.4) is 0 Å². The van der Waals surface area contributed by atoms with Crippen LogP contribution in [0.4, 0.5) is 4.79 Å². The average molecular weight is 451 g/mol. The predicted molar refractivity (Wildman–Crippen MR) is 132 cm³/mol. The number of unbranched alkanes of at least 4 members (excludes halogenated alkanes) is 2. The fraction of sp³-hybridized carbons (Fsp3) is 0.407. The first-order valence-electron chi connectivity index (χ1n) is 11.5. The second-order valence-corrected chi connectivity index (χ2v) is 9.15. The summed E-state index contributed by atoms with van der Waals surface area (Å²) in [6.07, 6.45) is 5.25. The Morgan fingerprint density at radius 3 is 2.61 bits per heavy atom. The van der Waals surface area contributed by atoms with Gasteiger partial charge in [0.1, 0.15) is 17.6 Å². The second kappa shape index (κ2) is 11.0. The van der Waals surface area contributed by atoms with Crippen LogP contribution in [0.2, 0.25) is 0 Å². The Kier molecular flexibility index (Phi) is 8.15. The Labute approximate surface area is 195 Å². The molecule has 0 saturated carbocycles. The fourth-order valence-electron chi connectivity index (χ4n) is 3.86. The quantitative estimate of drug-likeness (QED) is 0.304. The third-order valence-electron chi connectivity index (χ3n) is 5.48. The zero-order valence-corrected chi connectivity index (χ0v) is 20.0. The highest BCUT2D eigenvalue weighted by Gasteiger charge is 2.22. The lowest BCUT2D eigenvalue weighted by Crippen LogP contribution is -2.38. The van der Waals surface area contributed by atoms with E-state index in [0.29, 0.717) is 25.9 Å². The van der Waals surface area contributed by atoms with Crippen LogP contribution in [0.25, 0.3) is 22.0 Å². The SMILES string of the molecule is COc1ccc(-c2c[nH]c3ccccc23)cc1CCN(CCCCC=O)C(=O)OC(C)(C)C. The van der Waals surface area contributed by atoms with Crippen LogP contribution in [0, 0.1) is 0 Å². The van der Waals surface area contributed by atoms with Gasteiger partial charge >= 0.3 is 6.09 Å². The fourth-order valence-corrected chi connectivity index (χ4v) is 3.86. The van der Waals surface area contributed by atoms with E-state index in [1.807, 2.05) is 45.2 Å². The maximum atomic E-state index is 12.8. The van der Waals surface area contributed by atoms with Crippen molar-refractivity contribution in [2.24, 2.45) is 0 Å². The standard InChI is InChI=1S/C27H34N2O4/c1-27(2,3)33-26(31)29(15-8-5-9-17-30)16-14-21-18-20(12-13-25(21)32-4)23-19-28-24-11-7-6-10-22(23)24/h6-7,10-13,17-19,28H,5,8-9,14-16H2,1-4H3. The molecule has 6 heteroatoms. The van der Waals surface area contributed by atoms with Crippen molar-refractivity contribution < 1.29 is 19.1 Å². The van der Waals surface area contributed by atoms with Gasteiger partial charge < -0.3 is 24.2 Å². The summed E-state index contributed by atoms with van der Waals surface area (Å²) in [7, 11) is 1.66. The zero-order valence-electron chi connectivity index (χ0n) is 20.0. The molecule has 176 valence electrons. The number of H-pyrrole nitrogens is 1. The Morgan fingerprint density at radius 2 is 1.88 bits per heavy atom. The third kappa shape index (κ3) is 6.60.